The summed E-state index contributed by atoms with van der Waals surface area (Å²) in [6.45, 7) is 1.50. The van der Waals surface area contributed by atoms with Gasteiger partial charge in [-0.2, -0.15) is 0 Å². The maximum Gasteiger partial charge on any atom is 0.165 e. The van der Waals surface area contributed by atoms with E-state index in [9.17, 15) is 13.9 Å². The molecule has 0 aliphatic carbocycles. The molecule has 2 rings (SSSR count). The van der Waals surface area contributed by atoms with Crippen molar-refractivity contribution in [2.24, 2.45) is 0 Å². The number of aliphatic hydroxyl groups excluding tert-OH is 1. The average molecular weight is 343 g/mol. The van der Waals surface area contributed by atoms with Crippen LogP contribution in [0.15, 0.2) is 40.9 Å². The van der Waals surface area contributed by atoms with Gasteiger partial charge in [0.15, 0.2) is 11.6 Å². The number of hydrogen-bond donors (Lipinski definition) is 1. The molecule has 5 heteroatoms. The first-order valence-electron chi connectivity index (χ1n) is 6.02. The summed E-state index contributed by atoms with van der Waals surface area (Å²) in [7, 11) is 0. The number of hydrogen-bond acceptors (Lipinski definition) is 2. The first-order valence-corrected chi connectivity index (χ1v) is 6.81. The molecule has 20 heavy (non-hydrogen) atoms. The highest BCUT2D eigenvalue weighted by Crippen LogP contribution is 2.29. The van der Waals surface area contributed by atoms with Gasteiger partial charge >= 0.3 is 0 Å². The van der Waals surface area contributed by atoms with Gasteiger partial charge in [-0.1, -0.05) is 28.1 Å². The van der Waals surface area contributed by atoms with Crippen molar-refractivity contribution >= 4 is 15.9 Å². The molecule has 0 saturated carbocycles. The van der Waals surface area contributed by atoms with Crippen molar-refractivity contribution in [3.05, 3.63) is 63.6 Å². The average Bonchev–Trinajstić information content (AvgIpc) is 2.41. The molecule has 0 bridgehead atoms. The second-order valence-corrected chi connectivity index (χ2v) is 5.28. The fourth-order valence-corrected chi connectivity index (χ4v) is 2.17. The molecular weight excluding hydrogens is 330 g/mol. The van der Waals surface area contributed by atoms with Crippen LogP contribution in [0.4, 0.5) is 8.78 Å². The summed E-state index contributed by atoms with van der Waals surface area (Å²) in [5, 5.41) is 9.69. The molecule has 0 unspecified atom stereocenters. The first kappa shape index (κ1) is 14.9. The monoisotopic (exact) mass is 342 g/mol. The van der Waals surface area contributed by atoms with Gasteiger partial charge in [0, 0.05) is 15.6 Å². The van der Waals surface area contributed by atoms with E-state index < -0.39 is 17.7 Å². The second-order valence-electron chi connectivity index (χ2n) is 4.36. The van der Waals surface area contributed by atoms with Crippen molar-refractivity contribution in [1.29, 1.82) is 0 Å². The van der Waals surface area contributed by atoms with Crippen LogP contribution in [0.5, 0.6) is 5.75 Å². The molecule has 0 fully saturated rings. The van der Waals surface area contributed by atoms with Gasteiger partial charge in [0.25, 0.3) is 0 Å². The summed E-state index contributed by atoms with van der Waals surface area (Å²) >= 11 is 3.31. The minimum atomic E-state index is -0.914. The minimum absolute atomic E-state index is 0.106. The molecule has 0 aromatic heterocycles. The van der Waals surface area contributed by atoms with E-state index in [-0.39, 0.29) is 12.2 Å². The molecule has 0 aliphatic heterocycles. The highest BCUT2D eigenvalue weighted by Gasteiger charge is 2.12. The lowest BCUT2D eigenvalue weighted by molar-refractivity contribution is 0.189. The van der Waals surface area contributed by atoms with E-state index in [4.69, 9.17) is 4.74 Å². The maximum atomic E-state index is 13.5. The second kappa shape index (κ2) is 6.33. The SMILES string of the molecule is C[C@H](O)c1cc(Br)ccc1OCc1cccc(F)c1F. The van der Waals surface area contributed by atoms with Crippen molar-refractivity contribution in [2.45, 2.75) is 19.6 Å². The van der Waals surface area contributed by atoms with Crippen LogP contribution in [0, 0.1) is 11.6 Å². The molecule has 0 saturated heterocycles. The number of benzene rings is 2. The zero-order chi connectivity index (χ0) is 14.7. The number of rotatable bonds is 4. The smallest absolute Gasteiger partial charge is 0.165 e. The van der Waals surface area contributed by atoms with Gasteiger partial charge in [0.05, 0.1) is 6.10 Å². The van der Waals surface area contributed by atoms with Crippen LogP contribution in [0.25, 0.3) is 0 Å². The van der Waals surface area contributed by atoms with Crippen molar-refractivity contribution < 1.29 is 18.6 Å². The van der Waals surface area contributed by atoms with Gasteiger partial charge in [-0.25, -0.2) is 8.78 Å². The Morgan fingerprint density at radius 3 is 2.70 bits per heavy atom. The van der Waals surface area contributed by atoms with Crippen LogP contribution in [0.1, 0.15) is 24.2 Å². The molecular formula is C15H13BrF2O2. The van der Waals surface area contributed by atoms with Gasteiger partial charge in [-0.3, -0.25) is 0 Å². The third-order valence-corrected chi connectivity index (χ3v) is 3.33. The Morgan fingerprint density at radius 1 is 1.25 bits per heavy atom. The Bertz CT molecular complexity index is 615. The van der Waals surface area contributed by atoms with Crippen LogP contribution in [0.3, 0.4) is 0 Å². The number of aliphatic hydroxyl groups is 1. The molecule has 0 amide bonds. The molecule has 2 nitrogen and oxygen atoms in total. The highest BCUT2D eigenvalue weighted by atomic mass is 79.9. The zero-order valence-corrected chi connectivity index (χ0v) is 12.3. The predicted molar refractivity (Wildman–Crippen MR) is 75.5 cm³/mol. The molecule has 0 aliphatic rings. The lowest BCUT2D eigenvalue weighted by atomic mass is 10.1. The van der Waals surface area contributed by atoms with Crippen molar-refractivity contribution in [1.82, 2.24) is 0 Å². The molecule has 106 valence electrons. The third kappa shape index (κ3) is 3.35. The Balaban J connectivity index is 2.21. The number of ether oxygens (including phenoxy) is 1. The fraction of sp³-hybridized carbons (Fsp3) is 0.200. The highest BCUT2D eigenvalue weighted by molar-refractivity contribution is 9.10. The lowest BCUT2D eigenvalue weighted by Gasteiger charge is -2.14. The molecule has 1 N–H and O–H groups in total. The standard InChI is InChI=1S/C15H13BrF2O2/c1-9(19)12-7-11(16)5-6-14(12)20-8-10-3-2-4-13(17)15(10)18/h2-7,9,19H,8H2,1H3/t9-/m0/s1. The van der Waals surface area contributed by atoms with Gasteiger partial charge in [0.2, 0.25) is 0 Å². The molecule has 2 aromatic rings. The topological polar surface area (TPSA) is 29.5 Å². The van der Waals surface area contributed by atoms with Gasteiger partial charge in [-0.05, 0) is 31.2 Å². The Morgan fingerprint density at radius 2 is 2.00 bits per heavy atom. The van der Waals surface area contributed by atoms with Crippen molar-refractivity contribution in [3.8, 4) is 5.75 Å². The van der Waals surface area contributed by atoms with E-state index in [1.807, 2.05) is 0 Å². The van der Waals surface area contributed by atoms with Crippen LogP contribution in [-0.2, 0) is 6.61 Å². The quantitative estimate of drug-likeness (QED) is 0.894. The molecule has 0 radical (unpaired) electrons. The molecule has 2 aromatic carbocycles. The van der Waals surface area contributed by atoms with E-state index in [0.29, 0.717) is 11.3 Å². The summed E-state index contributed by atoms with van der Waals surface area (Å²) in [5.74, 6) is -1.38. The van der Waals surface area contributed by atoms with Gasteiger partial charge < -0.3 is 9.84 Å². The Kier molecular flexibility index (Phi) is 4.73. The first-order chi connectivity index (χ1) is 9.49. The number of halogens is 3. The lowest BCUT2D eigenvalue weighted by Crippen LogP contribution is -2.03. The predicted octanol–water partition coefficient (Wildman–Crippen LogP) is 4.36. The van der Waals surface area contributed by atoms with Crippen LogP contribution >= 0.6 is 15.9 Å². The summed E-state index contributed by atoms with van der Waals surface area (Å²) in [4.78, 5) is 0. The van der Waals surface area contributed by atoms with Gasteiger partial charge in [-0.15, -0.1) is 0 Å². The molecule has 0 heterocycles. The zero-order valence-electron chi connectivity index (χ0n) is 10.7. The fourth-order valence-electron chi connectivity index (χ4n) is 1.79. The van der Waals surface area contributed by atoms with Crippen LogP contribution in [0.2, 0.25) is 0 Å². The summed E-state index contributed by atoms with van der Waals surface area (Å²) in [5.41, 5.74) is 0.709. The Labute approximate surface area is 124 Å². The normalized spacial score (nSPS) is 12.2. The van der Waals surface area contributed by atoms with Gasteiger partial charge in [0.1, 0.15) is 12.4 Å². The summed E-state index contributed by atoms with van der Waals surface area (Å²) in [6, 6.07) is 9.09. The van der Waals surface area contributed by atoms with Crippen molar-refractivity contribution in [2.75, 3.05) is 0 Å². The van der Waals surface area contributed by atoms with Crippen LogP contribution < -0.4 is 4.74 Å². The third-order valence-electron chi connectivity index (χ3n) is 2.84. The van der Waals surface area contributed by atoms with Crippen LogP contribution in [-0.4, -0.2) is 5.11 Å². The minimum Gasteiger partial charge on any atom is -0.488 e. The maximum absolute atomic E-state index is 13.5. The summed E-state index contributed by atoms with van der Waals surface area (Å²) in [6.07, 6.45) is -0.722. The van der Waals surface area contributed by atoms with Crippen molar-refractivity contribution in [3.63, 3.8) is 0 Å². The molecule has 0 spiro atoms. The largest absolute Gasteiger partial charge is 0.488 e. The van der Waals surface area contributed by atoms with E-state index in [1.165, 1.54) is 12.1 Å². The van der Waals surface area contributed by atoms with E-state index in [1.54, 1.807) is 25.1 Å². The van der Waals surface area contributed by atoms with E-state index in [0.717, 1.165) is 10.5 Å². The van der Waals surface area contributed by atoms with E-state index in [2.05, 4.69) is 15.9 Å². The Hall–Kier alpha value is -1.46. The summed E-state index contributed by atoms with van der Waals surface area (Å²) < 4.78 is 32.9. The molecule has 1 atom stereocenters. The van der Waals surface area contributed by atoms with E-state index >= 15 is 0 Å².